The van der Waals surface area contributed by atoms with Gasteiger partial charge < -0.3 is 8.98 Å². The molecule has 24 heavy (non-hydrogen) atoms. The van der Waals surface area contributed by atoms with E-state index in [1.807, 2.05) is 23.7 Å². The molecular weight excluding hydrogens is 326 g/mol. The lowest BCUT2D eigenvalue weighted by Gasteiger charge is -2.03. The van der Waals surface area contributed by atoms with Crippen molar-refractivity contribution < 1.29 is 9.21 Å². The van der Waals surface area contributed by atoms with E-state index in [9.17, 15) is 4.79 Å². The normalized spacial score (nSPS) is 11.0. The predicted molar refractivity (Wildman–Crippen MR) is 90.8 cm³/mol. The SMILES string of the molecule is Cn1cnnc1SCc1ccc(C(=O)N/N=C/c2ccco2)cc1. The van der Waals surface area contributed by atoms with Crippen molar-refractivity contribution in [3.8, 4) is 0 Å². The Bertz CT molecular complexity index is 825. The van der Waals surface area contributed by atoms with Crippen LogP contribution in [0.15, 0.2) is 63.7 Å². The van der Waals surface area contributed by atoms with E-state index in [1.54, 1.807) is 48.6 Å². The fraction of sp³-hybridized carbons (Fsp3) is 0.125. The number of carbonyl (C=O) groups excluding carboxylic acids is 1. The van der Waals surface area contributed by atoms with Crippen molar-refractivity contribution in [3.05, 3.63) is 65.9 Å². The topological polar surface area (TPSA) is 85.3 Å². The number of aryl methyl sites for hydroxylation is 1. The second-order valence-corrected chi connectivity index (χ2v) is 5.87. The second-order valence-electron chi connectivity index (χ2n) is 4.92. The Balaban J connectivity index is 1.53. The molecule has 3 aromatic rings. The Labute approximate surface area is 142 Å². The van der Waals surface area contributed by atoms with E-state index in [2.05, 4.69) is 20.7 Å². The van der Waals surface area contributed by atoms with Crippen molar-refractivity contribution in [2.24, 2.45) is 12.1 Å². The fourth-order valence-corrected chi connectivity index (χ4v) is 2.73. The van der Waals surface area contributed by atoms with Gasteiger partial charge in [0.2, 0.25) is 0 Å². The zero-order chi connectivity index (χ0) is 16.8. The predicted octanol–water partition coefficient (Wildman–Crippen LogP) is 2.46. The molecule has 1 amide bonds. The molecule has 2 heterocycles. The molecule has 2 aromatic heterocycles. The molecule has 122 valence electrons. The molecule has 0 bridgehead atoms. The summed E-state index contributed by atoms with van der Waals surface area (Å²) < 4.78 is 6.95. The van der Waals surface area contributed by atoms with Crippen LogP contribution in [-0.2, 0) is 12.8 Å². The largest absolute Gasteiger partial charge is 0.463 e. The maximum Gasteiger partial charge on any atom is 0.271 e. The molecular formula is C16H15N5O2S. The third-order valence-corrected chi connectivity index (χ3v) is 4.26. The molecule has 0 spiro atoms. The number of amides is 1. The summed E-state index contributed by atoms with van der Waals surface area (Å²) in [5, 5.41) is 12.6. The van der Waals surface area contributed by atoms with Crippen LogP contribution in [0.3, 0.4) is 0 Å². The van der Waals surface area contributed by atoms with E-state index in [4.69, 9.17) is 4.42 Å². The Hall–Kier alpha value is -2.87. The Kier molecular flexibility index (Phi) is 5.07. The van der Waals surface area contributed by atoms with Crippen LogP contribution in [0.25, 0.3) is 0 Å². The first-order chi connectivity index (χ1) is 11.7. The highest BCUT2D eigenvalue weighted by Crippen LogP contribution is 2.20. The van der Waals surface area contributed by atoms with Gasteiger partial charge in [0.1, 0.15) is 12.1 Å². The average molecular weight is 341 g/mol. The van der Waals surface area contributed by atoms with E-state index < -0.39 is 0 Å². The summed E-state index contributed by atoms with van der Waals surface area (Å²) in [6, 6.07) is 10.9. The van der Waals surface area contributed by atoms with Crippen LogP contribution in [0.4, 0.5) is 0 Å². The zero-order valence-corrected chi connectivity index (χ0v) is 13.7. The summed E-state index contributed by atoms with van der Waals surface area (Å²) in [4.78, 5) is 12.0. The van der Waals surface area contributed by atoms with Gasteiger partial charge in [0, 0.05) is 18.4 Å². The number of furan rings is 1. The van der Waals surface area contributed by atoms with Crippen LogP contribution in [-0.4, -0.2) is 26.9 Å². The molecule has 1 N–H and O–H groups in total. The number of hydrogen-bond donors (Lipinski definition) is 1. The van der Waals surface area contributed by atoms with E-state index in [0.717, 1.165) is 16.5 Å². The van der Waals surface area contributed by atoms with Crippen LogP contribution in [0, 0.1) is 0 Å². The van der Waals surface area contributed by atoms with Crippen molar-refractivity contribution >= 4 is 23.9 Å². The summed E-state index contributed by atoms with van der Waals surface area (Å²) in [5.74, 6) is 1.06. The molecule has 0 atom stereocenters. The zero-order valence-electron chi connectivity index (χ0n) is 12.9. The van der Waals surface area contributed by atoms with Gasteiger partial charge in [-0.1, -0.05) is 23.9 Å². The molecule has 3 rings (SSSR count). The number of thioether (sulfide) groups is 1. The van der Waals surface area contributed by atoms with Crippen LogP contribution in [0.5, 0.6) is 0 Å². The van der Waals surface area contributed by atoms with E-state index in [0.29, 0.717) is 11.3 Å². The molecule has 0 aliphatic heterocycles. The van der Waals surface area contributed by atoms with Gasteiger partial charge in [0.05, 0.1) is 12.5 Å². The Morgan fingerprint density at radius 1 is 1.38 bits per heavy atom. The summed E-state index contributed by atoms with van der Waals surface area (Å²) in [7, 11) is 1.90. The molecule has 0 unspecified atom stereocenters. The molecule has 0 radical (unpaired) electrons. The minimum atomic E-state index is -0.273. The molecule has 0 saturated heterocycles. The first kappa shape index (κ1) is 16.0. The summed E-state index contributed by atoms with van der Waals surface area (Å²) >= 11 is 1.59. The monoisotopic (exact) mass is 341 g/mol. The van der Waals surface area contributed by atoms with Gasteiger partial charge in [-0.2, -0.15) is 5.10 Å². The molecule has 0 aliphatic rings. The lowest BCUT2D eigenvalue weighted by Crippen LogP contribution is -2.17. The van der Waals surface area contributed by atoms with Gasteiger partial charge in [-0.25, -0.2) is 5.43 Å². The fourth-order valence-electron chi connectivity index (χ4n) is 1.89. The minimum absolute atomic E-state index is 0.273. The van der Waals surface area contributed by atoms with E-state index in [-0.39, 0.29) is 5.91 Å². The number of carbonyl (C=O) groups is 1. The Morgan fingerprint density at radius 3 is 2.88 bits per heavy atom. The van der Waals surface area contributed by atoms with Crippen LogP contribution in [0.1, 0.15) is 21.7 Å². The van der Waals surface area contributed by atoms with Crippen molar-refractivity contribution in [2.45, 2.75) is 10.9 Å². The number of rotatable bonds is 6. The number of benzene rings is 1. The number of nitrogens with one attached hydrogen (secondary N) is 1. The van der Waals surface area contributed by atoms with Crippen LogP contribution >= 0.6 is 11.8 Å². The average Bonchev–Trinajstić information content (AvgIpc) is 3.25. The molecule has 0 fully saturated rings. The lowest BCUT2D eigenvalue weighted by atomic mass is 10.1. The van der Waals surface area contributed by atoms with Gasteiger partial charge >= 0.3 is 0 Å². The highest BCUT2D eigenvalue weighted by atomic mass is 32.2. The van der Waals surface area contributed by atoms with Gasteiger partial charge in [0.25, 0.3) is 5.91 Å². The van der Waals surface area contributed by atoms with Crippen molar-refractivity contribution in [1.82, 2.24) is 20.2 Å². The first-order valence-electron chi connectivity index (χ1n) is 7.15. The third-order valence-electron chi connectivity index (χ3n) is 3.15. The van der Waals surface area contributed by atoms with Crippen molar-refractivity contribution in [3.63, 3.8) is 0 Å². The standard InChI is InChI=1S/C16H15N5O2S/c1-21-11-18-20-16(21)24-10-12-4-6-13(7-5-12)15(22)19-17-9-14-3-2-8-23-14/h2-9,11H,10H2,1H3,(H,19,22)/b17-9+. The summed E-state index contributed by atoms with van der Waals surface area (Å²) in [5.41, 5.74) is 4.10. The minimum Gasteiger partial charge on any atom is -0.463 e. The maximum atomic E-state index is 12.0. The summed E-state index contributed by atoms with van der Waals surface area (Å²) in [6.07, 6.45) is 4.66. The van der Waals surface area contributed by atoms with E-state index >= 15 is 0 Å². The van der Waals surface area contributed by atoms with Gasteiger partial charge in [-0.3, -0.25) is 4.79 Å². The number of hydrogen-bond acceptors (Lipinski definition) is 6. The van der Waals surface area contributed by atoms with Gasteiger partial charge in [0.15, 0.2) is 5.16 Å². The molecule has 8 heteroatoms. The lowest BCUT2D eigenvalue weighted by molar-refractivity contribution is 0.0955. The maximum absolute atomic E-state index is 12.0. The summed E-state index contributed by atoms with van der Waals surface area (Å²) in [6.45, 7) is 0. The second kappa shape index (κ2) is 7.60. The quantitative estimate of drug-likeness (QED) is 0.423. The van der Waals surface area contributed by atoms with Crippen LogP contribution < -0.4 is 5.43 Å². The smallest absolute Gasteiger partial charge is 0.271 e. The number of aromatic nitrogens is 3. The highest BCUT2D eigenvalue weighted by molar-refractivity contribution is 7.98. The number of hydrazone groups is 1. The van der Waals surface area contributed by atoms with Crippen LogP contribution in [0.2, 0.25) is 0 Å². The molecule has 0 saturated carbocycles. The first-order valence-corrected chi connectivity index (χ1v) is 8.13. The van der Waals surface area contributed by atoms with Crippen molar-refractivity contribution in [1.29, 1.82) is 0 Å². The van der Waals surface area contributed by atoms with Crippen molar-refractivity contribution in [2.75, 3.05) is 0 Å². The molecule has 1 aromatic carbocycles. The molecule has 0 aliphatic carbocycles. The van der Waals surface area contributed by atoms with Gasteiger partial charge in [-0.15, -0.1) is 10.2 Å². The number of nitrogens with zero attached hydrogens (tertiary/aromatic N) is 4. The highest BCUT2D eigenvalue weighted by Gasteiger charge is 2.06. The van der Waals surface area contributed by atoms with E-state index in [1.165, 1.54) is 6.21 Å². The van der Waals surface area contributed by atoms with Gasteiger partial charge in [-0.05, 0) is 29.8 Å². The Morgan fingerprint density at radius 2 is 2.21 bits per heavy atom. The third kappa shape index (κ3) is 4.11. The molecule has 7 nitrogen and oxygen atoms in total.